The molecule has 0 aliphatic carbocycles. The van der Waals surface area contributed by atoms with Gasteiger partial charge in [0.2, 0.25) is 0 Å². The summed E-state index contributed by atoms with van der Waals surface area (Å²) in [5, 5.41) is 1.78. The first kappa shape index (κ1) is 15.8. The van der Waals surface area contributed by atoms with Gasteiger partial charge in [0.05, 0.1) is 0 Å². The standard InChI is InChI=1S/2C6H7NS.2ClH.Sn/c2*1-5-2-3-7-6(8)4-5;;;/h2*2-4H,1H3,(H,7,8);2*1H;/q;;;;+4/p-4. The van der Waals surface area contributed by atoms with E-state index in [1.807, 2.05) is 38.1 Å². The van der Waals surface area contributed by atoms with Crippen molar-refractivity contribution >= 4 is 49.1 Å². The second-order valence-electron chi connectivity index (χ2n) is 4.01. The maximum atomic E-state index is 6.53. The van der Waals surface area contributed by atoms with Gasteiger partial charge in [0, 0.05) is 0 Å². The molecular formula is C12H12Cl2N2S2Sn. The van der Waals surface area contributed by atoms with Gasteiger partial charge in [0.25, 0.3) is 0 Å². The number of hydrogen-bond acceptors (Lipinski definition) is 4. The summed E-state index contributed by atoms with van der Waals surface area (Å²) in [6.07, 6.45) is 3.56. The molecule has 0 aromatic carbocycles. The molecule has 100 valence electrons. The molecule has 0 saturated heterocycles. The molecule has 2 rings (SSSR count). The van der Waals surface area contributed by atoms with Gasteiger partial charge in [0.15, 0.2) is 0 Å². The van der Waals surface area contributed by atoms with Crippen molar-refractivity contribution in [2.24, 2.45) is 0 Å². The molecule has 0 bridgehead atoms. The van der Waals surface area contributed by atoms with E-state index < -0.39 is 13.4 Å². The van der Waals surface area contributed by atoms with Crippen molar-refractivity contribution in [3.8, 4) is 0 Å². The summed E-state index contributed by atoms with van der Waals surface area (Å²) >= 11 is -3.36. The summed E-state index contributed by atoms with van der Waals surface area (Å²) in [5.41, 5.74) is 2.32. The zero-order valence-corrected chi connectivity index (χ0v) is 16.4. The fourth-order valence-electron chi connectivity index (χ4n) is 1.39. The SMILES string of the molecule is Cc1ccnc([S][Sn]([Cl])([Cl])[S]c2cc(C)ccn2)c1. The quantitative estimate of drug-likeness (QED) is 0.636. The van der Waals surface area contributed by atoms with Crippen LogP contribution in [0.15, 0.2) is 46.7 Å². The number of hydrogen-bond donors (Lipinski definition) is 0. The molecule has 0 N–H and O–H groups in total. The monoisotopic (exact) mass is 438 g/mol. The van der Waals surface area contributed by atoms with E-state index in [9.17, 15) is 0 Å². The summed E-state index contributed by atoms with van der Waals surface area (Å²) < 4.78 is 0. The Kier molecular flexibility index (Phi) is 5.72. The first-order valence-electron chi connectivity index (χ1n) is 5.56. The predicted octanol–water partition coefficient (Wildman–Crippen LogP) is 4.89. The summed E-state index contributed by atoms with van der Waals surface area (Å²) in [4.78, 5) is 8.59. The Morgan fingerprint density at radius 2 is 1.32 bits per heavy atom. The third-order valence-corrected chi connectivity index (χ3v) is 20.8. The van der Waals surface area contributed by atoms with Crippen molar-refractivity contribution in [3.63, 3.8) is 0 Å². The zero-order chi connectivity index (χ0) is 13.9. The van der Waals surface area contributed by atoms with E-state index in [-0.39, 0.29) is 0 Å². The number of nitrogens with zero attached hydrogens (tertiary/aromatic N) is 2. The van der Waals surface area contributed by atoms with Crippen LogP contribution in [-0.2, 0) is 0 Å². The Morgan fingerprint density at radius 3 is 1.68 bits per heavy atom. The van der Waals surface area contributed by atoms with Crippen LogP contribution in [0.3, 0.4) is 0 Å². The van der Waals surface area contributed by atoms with E-state index in [0.29, 0.717) is 0 Å². The van der Waals surface area contributed by atoms with Crippen molar-refractivity contribution in [2.75, 3.05) is 0 Å². The van der Waals surface area contributed by atoms with E-state index in [1.165, 1.54) is 17.9 Å². The molecule has 19 heavy (non-hydrogen) atoms. The zero-order valence-electron chi connectivity index (χ0n) is 10.4. The topological polar surface area (TPSA) is 25.8 Å². The fraction of sp³-hybridized carbons (Fsp3) is 0.167. The molecular weight excluding hydrogens is 426 g/mol. The molecule has 2 aromatic rings. The fourth-order valence-corrected chi connectivity index (χ4v) is 19.7. The Labute approximate surface area is 129 Å². The van der Waals surface area contributed by atoms with Gasteiger partial charge in [-0.15, -0.1) is 0 Å². The molecule has 0 atom stereocenters. The molecule has 2 nitrogen and oxygen atoms in total. The Balaban J connectivity index is 2.10. The Morgan fingerprint density at radius 1 is 0.895 bits per heavy atom. The summed E-state index contributed by atoms with van der Waals surface area (Å²) in [5.74, 6) is 0. The third-order valence-electron chi connectivity index (χ3n) is 2.23. The molecule has 2 heterocycles. The van der Waals surface area contributed by atoms with Gasteiger partial charge < -0.3 is 0 Å². The second-order valence-corrected chi connectivity index (χ2v) is 36.3. The van der Waals surface area contributed by atoms with Gasteiger partial charge in [0.1, 0.15) is 0 Å². The first-order chi connectivity index (χ1) is 8.94. The van der Waals surface area contributed by atoms with Crippen LogP contribution in [-0.4, -0.2) is 23.3 Å². The molecule has 0 aliphatic rings. The summed E-state index contributed by atoms with van der Waals surface area (Å²) in [7, 11) is 16.1. The van der Waals surface area contributed by atoms with Crippen LogP contribution >= 0.6 is 35.7 Å². The van der Waals surface area contributed by atoms with Crippen molar-refractivity contribution in [1.82, 2.24) is 9.97 Å². The van der Waals surface area contributed by atoms with Crippen LogP contribution in [0.1, 0.15) is 11.1 Å². The number of aromatic nitrogens is 2. The van der Waals surface area contributed by atoms with Gasteiger partial charge >= 0.3 is 131 Å². The first-order valence-corrected chi connectivity index (χ1v) is 21.4. The number of aryl methyl sites for hydroxylation is 2. The van der Waals surface area contributed by atoms with Gasteiger partial charge in [-0.1, -0.05) is 0 Å². The van der Waals surface area contributed by atoms with Gasteiger partial charge in [-0.3, -0.25) is 0 Å². The van der Waals surface area contributed by atoms with Crippen LogP contribution in [0.5, 0.6) is 0 Å². The Bertz CT molecular complexity index is 532. The molecule has 0 aliphatic heterocycles. The van der Waals surface area contributed by atoms with Crippen molar-refractivity contribution < 1.29 is 0 Å². The van der Waals surface area contributed by atoms with Crippen molar-refractivity contribution in [2.45, 2.75) is 23.9 Å². The number of rotatable bonds is 4. The molecule has 0 amide bonds. The van der Waals surface area contributed by atoms with Crippen LogP contribution < -0.4 is 0 Å². The van der Waals surface area contributed by atoms with E-state index in [2.05, 4.69) is 9.97 Å². The van der Waals surface area contributed by atoms with Gasteiger partial charge in [-0.2, -0.15) is 0 Å². The van der Waals surface area contributed by atoms with E-state index in [0.717, 1.165) is 21.2 Å². The minimum atomic E-state index is -3.36. The van der Waals surface area contributed by atoms with Crippen LogP contribution in [0.25, 0.3) is 0 Å². The molecule has 7 heteroatoms. The molecule has 2 aromatic heterocycles. The molecule has 0 fully saturated rings. The van der Waals surface area contributed by atoms with E-state index >= 15 is 0 Å². The van der Waals surface area contributed by atoms with Crippen LogP contribution in [0.2, 0.25) is 0 Å². The van der Waals surface area contributed by atoms with Crippen molar-refractivity contribution in [1.29, 1.82) is 0 Å². The summed E-state index contributed by atoms with van der Waals surface area (Å²) in [6.45, 7) is 4.06. The van der Waals surface area contributed by atoms with Crippen molar-refractivity contribution in [3.05, 3.63) is 47.8 Å². The van der Waals surface area contributed by atoms with Crippen LogP contribution in [0, 0.1) is 13.8 Å². The molecule has 0 radical (unpaired) electrons. The number of halogens is 2. The minimum absolute atomic E-state index is 0.890. The second kappa shape index (κ2) is 6.89. The molecule has 0 saturated carbocycles. The Hall–Kier alpha value is 0.379. The van der Waals surface area contributed by atoms with Gasteiger partial charge in [-0.25, -0.2) is 0 Å². The summed E-state index contributed by atoms with van der Waals surface area (Å²) in [6, 6.07) is 7.93. The van der Waals surface area contributed by atoms with E-state index in [4.69, 9.17) is 17.8 Å². The molecule has 0 unspecified atom stereocenters. The van der Waals surface area contributed by atoms with Crippen LogP contribution in [0.4, 0.5) is 0 Å². The number of pyridine rings is 2. The van der Waals surface area contributed by atoms with E-state index in [1.54, 1.807) is 12.4 Å². The normalized spacial score (nSPS) is 11.6. The average Bonchev–Trinajstić information content (AvgIpc) is 2.27. The predicted molar refractivity (Wildman–Crippen MR) is 87.1 cm³/mol. The average molecular weight is 438 g/mol. The van der Waals surface area contributed by atoms with Gasteiger partial charge in [-0.05, 0) is 0 Å². The molecule has 0 spiro atoms. The third kappa shape index (κ3) is 5.34. The maximum absolute atomic E-state index is 6.53.